The van der Waals surface area contributed by atoms with E-state index in [0.29, 0.717) is 5.58 Å². The van der Waals surface area contributed by atoms with Gasteiger partial charge in [0.25, 0.3) is 0 Å². The van der Waals surface area contributed by atoms with Gasteiger partial charge in [0.05, 0.1) is 10.9 Å². The minimum Gasteiger partial charge on any atom is -0.487 e. The Bertz CT molecular complexity index is 978. The Morgan fingerprint density at radius 2 is 2.04 bits per heavy atom. The Kier molecular flexibility index (Phi) is 3.90. The first-order valence-corrected chi connectivity index (χ1v) is 9.50. The third-order valence-corrected chi connectivity index (χ3v) is 5.49. The summed E-state index contributed by atoms with van der Waals surface area (Å²) >= 11 is 0. The van der Waals surface area contributed by atoms with Crippen LogP contribution < -0.4 is 15.1 Å². The van der Waals surface area contributed by atoms with Crippen molar-refractivity contribution in [3.63, 3.8) is 0 Å². The Morgan fingerprint density at radius 3 is 2.77 bits per heavy atom. The number of hydrogen-bond acceptors (Lipinski definition) is 4. The Labute approximate surface area is 153 Å². The van der Waals surface area contributed by atoms with E-state index in [1.807, 2.05) is 13.8 Å². The largest absolute Gasteiger partial charge is 0.487 e. The molecule has 0 unspecified atom stereocenters. The summed E-state index contributed by atoms with van der Waals surface area (Å²) in [6.07, 6.45) is 5.70. The standard InChI is InChI=1S/C22H26O4/c1-6-7-14-11-17(23)25-20-16-10-12(2)13(3)24-19(16)15-8-9-22(4,5)26-21(15)18(14)20/h10-11,13H,6-9H2,1-5H3/t13-/m1/s1. The van der Waals surface area contributed by atoms with Crippen molar-refractivity contribution in [2.24, 2.45) is 0 Å². The highest BCUT2D eigenvalue weighted by atomic mass is 16.5. The maximum Gasteiger partial charge on any atom is 0.336 e. The summed E-state index contributed by atoms with van der Waals surface area (Å²) in [6.45, 7) is 10.4. The zero-order valence-electron chi connectivity index (χ0n) is 16.2. The van der Waals surface area contributed by atoms with Crippen molar-refractivity contribution in [2.75, 3.05) is 0 Å². The third-order valence-electron chi connectivity index (χ3n) is 5.49. The molecule has 4 heteroatoms. The van der Waals surface area contributed by atoms with Crippen molar-refractivity contribution in [1.82, 2.24) is 0 Å². The molecular weight excluding hydrogens is 328 g/mol. The molecular formula is C22H26O4. The normalized spacial score (nSPS) is 20.7. The second kappa shape index (κ2) is 5.90. The topological polar surface area (TPSA) is 48.7 Å². The summed E-state index contributed by atoms with van der Waals surface area (Å²) in [6, 6.07) is 1.62. The second-order valence-electron chi connectivity index (χ2n) is 8.11. The van der Waals surface area contributed by atoms with Gasteiger partial charge in [0, 0.05) is 11.6 Å². The SMILES string of the molecule is CCCc1cc(=O)oc2c3c(c4c(c12)OC(C)(C)CC4)O[C@H](C)C(C)=C3. The van der Waals surface area contributed by atoms with Gasteiger partial charge in [0.15, 0.2) is 5.58 Å². The molecule has 1 aromatic carbocycles. The molecule has 3 heterocycles. The highest BCUT2D eigenvalue weighted by Crippen LogP contribution is 2.49. The molecule has 1 atom stereocenters. The fraction of sp³-hybridized carbons (Fsp3) is 0.500. The van der Waals surface area contributed by atoms with Gasteiger partial charge in [-0.2, -0.15) is 0 Å². The van der Waals surface area contributed by atoms with Gasteiger partial charge in [-0.15, -0.1) is 0 Å². The molecule has 0 saturated heterocycles. The molecule has 0 N–H and O–H groups in total. The Morgan fingerprint density at radius 1 is 1.27 bits per heavy atom. The summed E-state index contributed by atoms with van der Waals surface area (Å²) < 4.78 is 18.4. The molecule has 2 aliphatic heterocycles. The van der Waals surface area contributed by atoms with E-state index in [-0.39, 0.29) is 17.3 Å². The fourth-order valence-electron chi connectivity index (χ4n) is 3.94. The first-order chi connectivity index (χ1) is 12.3. The van der Waals surface area contributed by atoms with Crippen LogP contribution in [0.5, 0.6) is 11.5 Å². The van der Waals surface area contributed by atoms with Crippen molar-refractivity contribution >= 4 is 17.0 Å². The number of aryl methyl sites for hydroxylation is 1. The highest BCUT2D eigenvalue weighted by molar-refractivity contribution is 5.98. The lowest BCUT2D eigenvalue weighted by atomic mass is 9.87. The third kappa shape index (κ3) is 2.63. The average Bonchev–Trinajstić information content (AvgIpc) is 2.55. The van der Waals surface area contributed by atoms with Crippen LogP contribution in [0, 0.1) is 0 Å². The van der Waals surface area contributed by atoms with E-state index >= 15 is 0 Å². The molecule has 4 rings (SSSR count). The molecule has 26 heavy (non-hydrogen) atoms. The lowest BCUT2D eigenvalue weighted by molar-refractivity contribution is 0.0847. The lowest BCUT2D eigenvalue weighted by Crippen LogP contribution is -2.33. The molecule has 0 radical (unpaired) electrons. The van der Waals surface area contributed by atoms with Gasteiger partial charge in [-0.1, -0.05) is 13.3 Å². The van der Waals surface area contributed by atoms with Gasteiger partial charge in [-0.05, 0) is 64.2 Å². The molecule has 0 amide bonds. The zero-order chi connectivity index (χ0) is 18.6. The van der Waals surface area contributed by atoms with Crippen molar-refractivity contribution in [2.45, 2.75) is 72.0 Å². The van der Waals surface area contributed by atoms with Crippen LogP contribution in [0.25, 0.3) is 17.0 Å². The predicted molar refractivity (Wildman–Crippen MR) is 103 cm³/mol. The minimum atomic E-state index is -0.317. The molecule has 0 saturated carbocycles. The molecule has 0 spiro atoms. The van der Waals surface area contributed by atoms with Crippen molar-refractivity contribution in [3.05, 3.63) is 38.7 Å². The van der Waals surface area contributed by atoms with Crippen LogP contribution >= 0.6 is 0 Å². The summed E-state index contributed by atoms with van der Waals surface area (Å²) in [5, 5.41) is 0.940. The molecule has 2 aromatic rings. The van der Waals surface area contributed by atoms with E-state index in [1.165, 1.54) is 0 Å². The minimum absolute atomic E-state index is 0.00420. The van der Waals surface area contributed by atoms with Crippen LogP contribution in [0.2, 0.25) is 0 Å². The zero-order valence-corrected chi connectivity index (χ0v) is 16.2. The Balaban J connectivity index is 2.14. The first-order valence-electron chi connectivity index (χ1n) is 9.50. The van der Waals surface area contributed by atoms with Crippen LogP contribution in [0.1, 0.15) is 64.2 Å². The van der Waals surface area contributed by atoms with E-state index in [2.05, 4.69) is 26.8 Å². The number of benzene rings is 1. The number of hydrogen-bond donors (Lipinski definition) is 0. The fourth-order valence-corrected chi connectivity index (χ4v) is 3.94. The van der Waals surface area contributed by atoms with Crippen LogP contribution in [-0.2, 0) is 12.8 Å². The molecule has 138 valence electrons. The van der Waals surface area contributed by atoms with Crippen LogP contribution in [0.3, 0.4) is 0 Å². The van der Waals surface area contributed by atoms with E-state index < -0.39 is 0 Å². The molecule has 4 nitrogen and oxygen atoms in total. The van der Waals surface area contributed by atoms with E-state index in [1.54, 1.807) is 6.07 Å². The maximum absolute atomic E-state index is 12.2. The van der Waals surface area contributed by atoms with Gasteiger partial charge >= 0.3 is 5.63 Å². The highest BCUT2D eigenvalue weighted by Gasteiger charge is 2.35. The van der Waals surface area contributed by atoms with Gasteiger partial charge in [0.1, 0.15) is 23.2 Å². The summed E-state index contributed by atoms with van der Waals surface area (Å²) in [7, 11) is 0. The van der Waals surface area contributed by atoms with Gasteiger partial charge in [-0.3, -0.25) is 0 Å². The van der Waals surface area contributed by atoms with Crippen LogP contribution in [-0.4, -0.2) is 11.7 Å². The van der Waals surface area contributed by atoms with Gasteiger partial charge in [0.2, 0.25) is 0 Å². The predicted octanol–water partition coefficient (Wildman–Crippen LogP) is 5.03. The molecule has 1 aromatic heterocycles. The van der Waals surface area contributed by atoms with E-state index in [4.69, 9.17) is 13.9 Å². The summed E-state index contributed by atoms with van der Waals surface area (Å²) in [5.41, 5.74) is 4.14. The second-order valence-corrected chi connectivity index (χ2v) is 8.11. The molecule has 0 bridgehead atoms. The monoisotopic (exact) mass is 354 g/mol. The van der Waals surface area contributed by atoms with Crippen LogP contribution in [0.15, 0.2) is 20.9 Å². The average molecular weight is 354 g/mol. The smallest absolute Gasteiger partial charge is 0.336 e. The van der Waals surface area contributed by atoms with E-state index in [9.17, 15) is 4.79 Å². The number of ether oxygens (including phenoxy) is 2. The summed E-state index contributed by atoms with van der Waals surface area (Å²) in [4.78, 5) is 12.2. The molecule has 2 aliphatic rings. The molecule has 0 aliphatic carbocycles. The van der Waals surface area contributed by atoms with Crippen molar-refractivity contribution in [3.8, 4) is 11.5 Å². The lowest BCUT2D eigenvalue weighted by Gasteiger charge is -2.36. The number of rotatable bonds is 2. The Hall–Kier alpha value is -2.23. The number of fused-ring (bicyclic) bond motifs is 6. The first kappa shape index (κ1) is 17.2. The quantitative estimate of drug-likeness (QED) is 0.710. The van der Waals surface area contributed by atoms with Gasteiger partial charge < -0.3 is 13.9 Å². The van der Waals surface area contributed by atoms with Crippen molar-refractivity contribution < 1.29 is 13.9 Å². The van der Waals surface area contributed by atoms with Crippen LogP contribution in [0.4, 0.5) is 0 Å². The van der Waals surface area contributed by atoms with E-state index in [0.717, 1.165) is 64.8 Å². The van der Waals surface area contributed by atoms with Gasteiger partial charge in [-0.25, -0.2) is 4.79 Å². The summed E-state index contributed by atoms with van der Waals surface area (Å²) in [5.74, 6) is 1.65. The van der Waals surface area contributed by atoms with Crippen molar-refractivity contribution in [1.29, 1.82) is 0 Å². The molecule has 0 fully saturated rings. The maximum atomic E-state index is 12.2.